The van der Waals surface area contributed by atoms with Crippen molar-refractivity contribution in [1.29, 1.82) is 0 Å². The van der Waals surface area contributed by atoms with Crippen LogP contribution >= 0.6 is 27.3 Å². The molecule has 0 bridgehead atoms. The zero-order valence-corrected chi connectivity index (χ0v) is 12.9. The second-order valence-electron chi connectivity index (χ2n) is 4.44. The predicted molar refractivity (Wildman–Crippen MR) is 81.7 cm³/mol. The molecule has 96 valence electrons. The number of nitrogens with two attached hydrogens (primary N) is 1. The van der Waals surface area contributed by atoms with E-state index < -0.39 is 0 Å². The third kappa shape index (κ3) is 3.20. The maximum absolute atomic E-state index is 5.69. The molecule has 0 saturated carbocycles. The Morgan fingerprint density at radius 2 is 2.11 bits per heavy atom. The largest absolute Gasteiger partial charge is 0.271 e. The molecule has 1 unspecified atom stereocenters. The summed E-state index contributed by atoms with van der Waals surface area (Å²) < 4.78 is 1.11. The quantitative estimate of drug-likeness (QED) is 0.661. The fraction of sp³-hybridized carbons (Fsp3) is 0.286. The van der Waals surface area contributed by atoms with E-state index in [9.17, 15) is 0 Å². The second kappa shape index (κ2) is 5.97. The van der Waals surface area contributed by atoms with Gasteiger partial charge in [0.15, 0.2) is 0 Å². The van der Waals surface area contributed by atoms with Crippen molar-refractivity contribution < 1.29 is 0 Å². The lowest BCUT2D eigenvalue weighted by atomic mass is 10.0. The number of rotatable bonds is 4. The summed E-state index contributed by atoms with van der Waals surface area (Å²) in [5, 5.41) is 0. The molecule has 4 heteroatoms. The normalized spacial score (nSPS) is 12.7. The minimum absolute atomic E-state index is 0.177. The maximum atomic E-state index is 5.69. The van der Waals surface area contributed by atoms with Gasteiger partial charge >= 0.3 is 0 Å². The highest BCUT2D eigenvalue weighted by Gasteiger charge is 2.14. The van der Waals surface area contributed by atoms with E-state index in [0.29, 0.717) is 0 Å². The first-order valence-electron chi connectivity index (χ1n) is 5.87. The smallest absolute Gasteiger partial charge is 0.0593 e. The van der Waals surface area contributed by atoms with E-state index in [1.807, 2.05) is 17.4 Å². The van der Waals surface area contributed by atoms with Gasteiger partial charge in [0, 0.05) is 14.2 Å². The van der Waals surface area contributed by atoms with Gasteiger partial charge in [-0.05, 0) is 49.6 Å². The van der Waals surface area contributed by atoms with Crippen LogP contribution in [0.3, 0.4) is 0 Å². The number of hydrogen-bond acceptors (Lipinski definition) is 3. The molecule has 0 aliphatic rings. The molecule has 0 amide bonds. The monoisotopic (exact) mass is 324 g/mol. The third-order valence-corrected chi connectivity index (χ3v) is 4.82. The fourth-order valence-corrected chi connectivity index (χ4v) is 3.46. The van der Waals surface area contributed by atoms with Crippen LogP contribution < -0.4 is 11.3 Å². The van der Waals surface area contributed by atoms with Crippen LogP contribution in [-0.2, 0) is 6.42 Å². The predicted octanol–water partition coefficient (Wildman–Crippen LogP) is 3.87. The van der Waals surface area contributed by atoms with Gasteiger partial charge in [0.1, 0.15) is 0 Å². The number of thiophene rings is 1. The van der Waals surface area contributed by atoms with Crippen LogP contribution in [0.25, 0.3) is 0 Å². The molecule has 1 aromatic heterocycles. The van der Waals surface area contributed by atoms with E-state index >= 15 is 0 Å². The molecule has 2 nitrogen and oxygen atoms in total. The van der Waals surface area contributed by atoms with Crippen LogP contribution in [-0.4, -0.2) is 0 Å². The maximum Gasteiger partial charge on any atom is 0.0593 e. The van der Waals surface area contributed by atoms with Gasteiger partial charge in [0.25, 0.3) is 0 Å². The summed E-state index contributed by atoms with van der Waals surface area (Å²) in [4.78, 5) is 2.66. The van der Waals surface area contributed by atoms with E-state index in [1.54, 1.807) is 0 Å². The molecule has 0 fully saturated rings. The first kappa shape index (κ1) is 13.7. The summed E-state index contributed by atoms with van der Waals surface area (Å²) in [5.74, 6) is 5.69. The van der Waals surface area contributed by atoms with Gasteiger partial charge in [0.2, 0.25) is 0 Å². The van der Waals surface area contributed by atoms with Crippen molar-refractivity contribution in [2.45, 2.75) is 26.3 Å². The van der Waals surface area contributed by atoms with Gasteiger partial charge in [-0.25, -0.2) is 0 Å². The Morgan fingerprint density at radius 3 is 2.67 bits per heavy atom. The van der Waals surface area contributed by atoms with Crippen LogP contribution in [0.1, 0.15) is 26.9 Å². The topological polar surface area (TPSA) is 38.0 Å². The van der Waals surface area contributed by atoms with Crippen LogP contribution in [0.5, 0.6) is 0 Å². The first-order valence-corrected chi connectivity index (χ1v) is 7.48. The molecule has 0 radical (unpaired) electrons. The summed E-state index contributed by atoms with van der Waals surface area (Å²) in [6.07, 6.45) is 0.898. The molecule has 0 spiro atoms. The number of hydrazine groups is 1. The Bertz CT molecular complexity index is 517. The van der Waals surface area contributed by atoms with Crippen molar-refractivity contribution in [2.75, 3.05) is 0 Å². The number of nitrogens with one attached hydrogen (secondary N) is 1. The summed E-state index contributed by atoms with van der Waals surface area (Å²) in [7, 11) is 0. The number of aryl methyl sites for hydroxylation is 2. The zero-order chi connectivity index (χ0) is 13.1. The Kier molecular flexibility index (Phi) is 4.56. The van der Waals surface area contributed by atoms with Crippen molar-refractivity contribution in [2.24, 2.45) is 5.84 Å². The highest BCUT2D eigenvalue weighted by atomic mass is 79.9. The third-order valence-electron chi connectivity index (χ3n) is 3.06. The molecule has 0 saturated heterocycles. The fourth-order valence-electron chi connectivity index (χ4n) is 1.91. The molecule has 0 aliphatic heterocycles. The lowest BCUT2D eigenvalue weighted by molar-refractivity contribution is 0.560. The number of halogens is 1. The van der Waals surface area contributed by atoms with E-state index in [4.69, 9.17) is 5.84 Å². The van der Waals surface area contributed by atoms with E-state index in [0.717, 1.165) is 10.9 Å². The van der Waals surface area contributed by atoms with Gasteiger partial charge in [0.05, 0.1) is 6.04 Å². The Balaban J connectivity index is 2.19. The van der Waals surface area contributed by atoms with Crippen LogP contribution in [0.15, 0.2) is 34.8 Å². The summed E-state index contributed by atoms with van der Waals surface area (Å²) in [6.45, 7) is 4.29. The second-order valence-corrected chi connectivity index (χ2v) is 6.64. The molecular weight excluding hydrogens is 308 g/mol. The molecule has 1 heterocycles. The Hall–Kier alpha value is -0.680. The van der Waals surface area contributed by atoms with Crippen LogP contribution in [0, 0.1) is 13.8 Å². The number of benzene rings is 1. The molecule has 18 heavy (non-hydrogen) atoms. The summed E-state index contributed by atoms with van der Waals surface area (Å²) in [6, 6.07) is 10.8. The summed E-state index contributed by atoms with van der Waals surface area (Å²) in [5.41, 5.74) is 5.53. The SMILES string of the molecule is Cc1cc(C(Cc2cccc(Br)c2)NN)sc1C. The molecular formula is C14H17BrN2S. The van der Waals surface area contributed by atoms with E-state index in [-0.39, 0.29) is 6.04 Å². The van der Waals surface area contributed by atoms with E-state index in [2.05, 4.69) is 59.5 Å². The summed E-state index contributed by atoms with van der Waals surface area (Å²) >= 11 is 5.31. The molecule has 2 rings (SSSR count). The minimum atomic E-state index is 0.177. The van der Waals surface area contributed by atoms with Crippen LogP contribution in [0.2, 0.25) is 0 Å². The lowest BCUT2D eigenvalue weighted by Gasteiger charge is -2.14. The van der Waals surface area contributed by atoms with Crippen molar-refractivity contribution in [3.05, 3.63) is 55.7 Å². The Labute approximate surface area is 120 Å². The average Bonchev–Trinajstić information content (AvgIpc) is 2.66. The molecule has 1 atom stereocenters. The highest BCUT2D eigenvalue weighted by molar-refractivity contribution is 9.10. The number of hydrogen-bond donors (Lipinski definition) is 2. The highest BCUT2D eigenvalue weighted by Crippen LogP contribution is 2.28. The first-order chi connectivity index (χ1) is 8.60. The van der Waals surface area contributed by atoms with Gasteiger partial charge < -0.3 is 0 Å². The standard InChI is InChI=1S/C14H17BrN2S/c1-9-6-14(18-10(9)2)13(17-16)8-11-4-3-5-12(15)7-11/h3-7,13,17H,8,16H2,1-2H3. The minimum Gasteiger partial charge on any atom is -0.271 e. The van der Waals surface area contributed by atoms with Crippen LogP contribution in [0.4, 0.5) is 0 Å². The zero-order valence-electron chi connectivity index (χ0n) is 10.5. The van der Waals surface area contributed by atoms with Gasteiger partial charge in [-0.3, -0.25) is 11.3 Å². The molecule has 3 N–H and O–H groups in total. The van der Waals surface area contributed by atoms with Gasteiger partial charge in [-0.15, -0.1) is 11.3 Å². The lowest BCUT2D eigenvalue weighted by Crippen LogP contribution is -2.28. The van der Waals surface area contributed by atoms with Crippen molar-refractivity contribution in [1.82, 2.24) is 5.43 Å². The average molecular weight is 325 g/mol. The molecule has 1 aromatic carbocycles. The van der Waals surface area contributed by atoms with Crippen molar-refractivity contribution in [3.8, 4) is 0 Å². The Morgan fingerprint density at radius 1 is 1.33 bits per heavy atom. The van der Waals surface area contributed by atoms with Crippen molar-refractivity contribution >= 4 is 27.3 Å². The molecule has 2 aromatic rings. The van der Waals surface area contributed by atoms with E-state index in [1.165, 1.54) is 20.9 Å². The molecule has 0 aliphatic carbocycles. The van der Waals surface area contributed by atoms with Gasteiger partial charge in [-0.1, -0.05) is 28.1 Å². The van der Waals surface area contributed by atoms with Crippen molar-refractivity contribution in [3.63, 3.8) is 0 Å². The van der Waals surface area contributed by atoms with Gasteiger partial charge in [-0.2, -0.15) is 0 Å².